The van der Waals surface area contributed by atoms with E-state index in [9.17, 15) is 4.79 Å². The first-order valence-electron chi connectivity index (χ1n) is 6.38. The second-order valence-electron chi connectivity index (χ2n) is 4.40. The molecule has 0 bridgehead atoms. The average molecular weight is 357 g/mol. The van der Waals surface area contributed by atoms with Crippen molar-refractivity contribution in [2.45, 2.75) is 0 Å². The lowest BCUT2D eigenvalue weighted by Crippen LogP contribution is -2.14. The zero-order chi connectivity index (χ0) is 15.9. The molecule has 4 N–H and O–H groups in total. The summed E-state index contributed by atoms with van der Waals surface area (Å²) in [4.78, 5) is 12.0. The zero-order valence-electron chi connectivity index (χ0n) is 11.5. The second kappa shape index (κ2) is 7.29. The minimum Gasteiger partial charge on any atom is -0.399 e. The Kier molecular flexibility index (Phi) is 5.17. The van der Waals surface area contributed by atoms with Crippen molar-refractivity contribution in [3.8, 4) is 6.07 Å². The van der Waals surface area contributed by atoms with E-state index in [0.29, 0.717) is 11.4 Å². The summed E-state index contributed by atoms with van der Waals surface area (Å²) < 4.78 is 0.948. The third-order valence-corrected chi connectivity index (χ3v) is 3.29. The molecule has 2 aromatic rings. The molecule has 0 saturated heterocycles. The van der Waals surface area contributed by atoms with Crippen LogP contribution in [-0.4, -0.2) is 5.91 Å². The lowest BCUT2D eigenvalue weighted by Gasteiger charge is -2.05. The van der Waals surface area contributed by atoms with Crippen LogP contribution in [0.5, 0.6) is 0 Å². The number of nitrogens with zero attached hydrogens (tertiary/aromatic N) is 1. The van der Waals surface area contributed by atoms with E-state index in [1.165, 1.54) is 6.20 Å². The van der Waals surface area contributed by atoms with Crippen LogP contribution in [0.2, 0.25) is 0 Å². The highest BCUT2D eigenvalue weighted by molar-refractivity contribution is 9.10. The molecule has 0 saturated carbocycles. The van der Waals surface area contributed by atoms with Crippen LogP contribution in [0.3, 0.4) is 0 Å². The van der Waals surface area contributed by atoms with E-state index >= 15 is 0 Å². The van der Waals surface area contributed by atoms with Crippen LogP contribution in [0.1, 0.15) is 0 Å². The van der Waals surface area contributed by atoms with Gasteiger partial charge in [0.1, 0.15) is 11.6 Å². The van der Waals surface area contributed by atoms with Gasteiger partial charge in [-0.2, -0.15) is 5.26 Å². The van der Waals surface area contributed by atoms with E-state index in [0.717, 1.165) is 10.2 Å². The highest BCUT2D eigenvalue weighted by atomic mass is 79.9. The first kappa shape index (κ1) is 15.6. The molecule has 0 radical (unpaired) electrons. The van der Waals surface area contributed by atoms with Crippen molar-refractivity contribution in [1.29, 1.82) is 5.26 Å². The molecule has 0 aromatic heterocycles. The maximum absolute atomic E-state index is 12.0. The van der Waals surface area contributed by atoms with Crippen molar-refractivity contribution in [1.82, 2.24) is 0 Å². The number of hydrogen-bond acceptors (Lipinski definition) is 4. The highest BCUT2D eigenvalue weighted by Crippen LogP contribution is 2.15. The van der Waals surface area contributed by atoms with Gasteiger partial charge in [0.05, 0.1) is 0 Å². The minimum atomic E-state index is -0.489. The fraction of sp³-hybridized carbons (Fsp3) is 0. The number of carbonyl (C=O) groups excluding carboxylic acids is 1. The molecule has 0 heterocycles. The van der Waals surface area contributed by atoms with Crippen molar-refractivity contribution >= 4 is 38.9 Å². The Hall–Kier alpha value is -2.78. The van der Waals surface area contributed by atoms with Crippen LogP contribution in [0.25, 0.3) is 0 Å². The van der Waals surface area contributed by atoms with Crippen molar-refractivity contribution in [3.05, 3.63) is 64.8 Å². The van der Waals surface area contributed by atoms with Crippen LogP contribution in [0, 0.1) is 11.3 Å². The summed E-state index contributed by atoms with van der Waals surface area (Å²) in [7, 11) is 0. The number of nitrogen functional groups attached to an aromatic ring is 1. The van der Waals surface area contributed by atoms with Gasteiger partial charge in [0.2, 0.25) is 0 Å². The Morgan fingerprint density at radius 3 is 2.27 bits per heavy atom. The summed E-state index contributed by atoms with van der Waals surface area (Å²) in [6.07, 6.45) is 1.37. The van der Waals surface area contributed by atoms with Gasteiger partial charge in [0, 0.05) is 27.7 Å². The van der Waals surface area contributed by atoms with Crippen LogP contribution < -0.4 is 16.4 Å². The Labute approximate surface area is 136 Å². The number of nitrogens with one attached hydrogen (secondary N) is 2. The number of nitrogens with two attached hydrogens (primary N) is 1. The molecule has 0 unspecified atom stereocenters. The molecule has 0 fully saturated rings. The molecule has 0 aliphatic carbocycles. The predicted octanol–water partition coefficient (Wildman–Crippen LogP) is 3.49. The third-order valence-electron chi connectivity index (χ3n) is 2.76. The Balaban J connectivity index is 2.05. The van der Waals surface area contributed by atoms with Crippen molar-refractivity contribution in [2.75, 3.05) is 16.4 Å². The number of nitriles is 1. The highest BCUT2D eigenvalue weighted by Gasteiger charge is 2.09. The molecule has 22 heavy (non-hydrogen) atoms. The van der Waals surface area contributed by atoms with Crippen LogP contribution in [0.15, 0.2) is 64.8 Å². The van der Waals surface area contributed by atoms with E-state index in [-0.39, 0.29) is 5.57 Å². The average Bonchev–Trinajstić information content (AvgIpc) is 2.52. The summed E-state index contributed by atoms with van der Waals surface area (Å²) in [5.74, 6) is -0.489. The fourth-order valence-electron chi connectivity index (χ4n) is 1.62. The maximum atomic E-state index is 12.0. The number of anilines is 3. The Bertz CT molecular complexity index is 730. The van der Waals surface area contributed by atoms with Gasteiger partial charge < -0.3 is 16.4 Å². The standard InChI is InChI=1S/C16H13BrN4O/c17-12-1-5-14(6-2-12)20-10-11(9-18)16(22)21-15-7-3-13(19)4-8-15/h1-8,10,20H,19H2,(H,21,22)/b11-10-. The van der Waals surface area contributed by atoms with Crippen molar-refractivity contribution < 1.29 is 4.79 Å². The lowest BCUT2D eigenvalue weighted by molar-refractivity contribution is -0.112. The normalized spacial score (nSPS) is 10.6. The monoisotopic (exact) mass is 356 g/mol. The lowest BCUT2D eigenvalue weighted by atomic mass is 10.2. The van der Waals surface area contributed by atoms with E-state index in [1.807, 2.05) is 30.3 Å². The van der Waals surface area contributed by atoms with E-state index in [2.05, 4.69) is 26.6 Å². The van der Waals surface area contributed by atoms with Gasteiger partial charge in [-0.1, -0.05) is 15.9 Å². The van der Waals surface area contributed by atoms with Crippen molar-refractivity contribution in [2.24, 2.45) is 0 Å². The van der Waals surface area contributed by atoms with Gasteiger partial charge in [-0.15, -0.1) is 0 Å². The molecule has 110 valence electrons. The van der Waals surface area contributed by atoms with Crippen LogP contribution >= 0.6 is 15.9 Å². The number of rotatable bonds is 4. The second-order valence-corrected chi connectivity index (χ2v) is 5.31. The molecule has 0 atom stereocenters. The molecule has 2 aromatic carbocycles. The van der Waals surface area contributed by atoms with Crippen LogP contribution in [0.4, 0.5) is 17.1 Å². The largest absolute Gasteiger partial charge is 0.399 e. The third kappa shape index (κ3) is 4.36. The number of halogens is 1. The molecule has 0 aliphatic rings. The molecule has 5 nitrogen and oxygen atoms in total. The van der Waals surface area contributed by atoms with E-state index in [1.54, 1.807) is 24.3 Å². The summed E-state index contributed by atoms with van der Waals surface area (Å²) in [6.45, 7) is 0. The van der Waals surface area contributed by atoms with Gasteiger partial charge in [-0.3, -0.25) is 4.79 Å². The molecular weight excluding hydrogens is 344 g/mol. The Morgan fingerprint density at radius 1 is 1.09 bits per heavy atom. The molecule has 0 aliphatic heterocycles. The number of hydrogen-bond donors (Lipinski definition) is 3. The smallest absolute Gasteiger partial charge is 0.267 e. The van der Waals surface area contributed by atoms with E-state index < -0.39 is 5.91 Å². The fourth-order valence-corrected chi connectivity index (χ4v) is 1.88. The summed E-state index contributed by atoms with van der Waals surface area (Å²) in [5, 5.41) is 14.6. The summed E-state index contributed by atoms with van der Waals surface area (Å²) in [5.41, 5.74) is 7.50. The maximum Gasteiger partial charge on any atom is 0.267 e. The Morgan fingerprint density at radius 2 is 1.68 bits per heavy atom. The predicted molar refractivity (Wildman–Crippen MR) is 90.9 cm³/mol. The zero-order valence-corrected chi connectivity index (χ0v) is 13.1. The molecule has 1 amide bonds. The number of benzene rings is 2. The molecule has 0 spiro atoms. The van der Waals surface area contributed by atoms with Crippen molar-refractivity contribution in [3.63, 3.8) is 0 Å². The summed E-state index contributed by atoms with van der Waals surface area (Å²) in [6, 6.07) is 15.9. The topological polar surface area (TPSA) is 90.9 Å². The molecule has 2 rings (SSSR count). The van der Waals surface area contributed by atoms with Gasteiger partial charge in [0.15, 0.2) is 0 Å². The van der Waals surface area contributed by atoms with Gasteiger partial charge in [-0.25, -0.2) is 0 Å². The minimum absolute atomic E-state index is 0.0280. The van der Waals surface area contributed by atoms with E-state index in [4.69, 9.17) is 11.0 Å². The first-order chi connectivity index (χ1) is 10.6. The van der Waals surface area contributed by atoms with Gasteiger partial charge in [-0.05, 0) is 48.5 Å². The van der Waals surface area contributed by atoms with Gasteiger partial charge >= 0.3 is 0 Å². The molecule has 6 heteroatoms. The quantitative estimate of drug-likeness (QED) is 0.444. The first-order valence-corrected chi connectivity index (χ1v) is 7.17. The summed E-state index contributed by atoms with van der Waals surface area (Å²) >= 11 is 3.34. The number of amides is 1. The van der Waals surface area contributed by atoms with Gasteiger partial charge in [0.25, 0.3) is 5.91 Å². The number of carbonyl (C=O) groups is 1. The van der Waals surface area contributed by atoms with Crippen LogP contribution in [-0.2, 0) is 4.79 Å². The molecular formula is C16H13BrN4O. The SMILES string of the molecule is N#C/C(=C/Nc1ccc(Br)cc1)C(=O)Nc1ccc(N)cc1.